The Kier molecular flexibility index (Phi) is 6.02. The maximum Gasteiger partial charge on any atom is 0.329 e. The zero-order valence-corrected chi connectivity index (χ0v) is 20.6. The number of hydrogen-bond acceptors (Lipinski definition) is 5. The second-order valence-corrected chi connectivity index (χ2v) is 10.8. The second kappa shape index (κ2) is 8.31. The van der Waals surface area contributed by atoms with Crippen LogP contribution < -0.4 is 5.32 Å². The summed E-state index contributed by atoms with van der Waals surface area (Å²) in [6.07, 6.45) is 0.823. The van der Waals surface area contributed by atoms with Gasteiger partial charge < -0.3 is 10.1 Å². The summed E-state index contributed by atoms with van der Waals surface area (Å²) in [5, 5.41) is 2.72. The molecular formula is C22H24Br2N2O5. The number of imide groups is 1. The van der Waals surface area contributed by atoms with Crippen LogP contribution in [0.5, 0.6) is 0 Å². The summed E-state index contributed by atoms with van der Waals surface area (Å²) >= 11 is 7.29. The van der Waals surface area contributed by atoms with E-state index >= 15 is 0 Å². The van der Waals surface area contributed by atoms with E-state index in [9.17, 15) is 19.2 Å². The van der Waals surface area contributed by atoms with Crippen molar-refractivity contribution in [1.29, 1.82) is 0 Å². The molecule has 1 saturated heterocycles. The van der Waals surface area contributed by atoms with Crippen molar-refractivity contribution in [2.24, 2.45) is 23.7 Å². The highest BCUT2D eigenvalue weighted by molar-refractivity contribution is 9.12. The molecule has 9 heteroatoms. The number of likely N-dealkylation sites (tertiary alicyclic amines) is 1. The Morgan fingerprint density at radius 1 is 1.13 bits per heavy atom. The Hall–Kier alpha value is -1.74. The number of amides is 3. The number of hydrogen-bond donors (Lipinski definition) is 1. The van der Waals surface area contributed by atoms with Crippen LogP contribution in [0.25, 0.3) is 0 Å². The lowest BCUT2D eigenvalue weighted by Crippen LogP contribution is -2.45. The quantitative estimate of drug-likeness (QED) is 0.342. The van der Waals surface area contributed by atoms with Crippen molar-refractivity contribution >= 4 is 61.2 Å². The molecule has 3 amide bonds. The summed E-state index contributed by atoms with van der Waals surface area (Å²) in [5.41, 5.74) is 2.53. The van der Waals surface area contributed by atoms with Crippen molar-refractivity contribution in [3.8, 4) is 0 Å². The molecule has 3 fully saturated rings. The largest absolute Gasteiger partial charge is 0.454 e. The summed E-state index contributed by atoms with van der Waals surface area (Å²) in [6.45, 7) is 4.77. The molecule has 1 aromatic carbocycles. The molecule has 1 N–H and O–H groups in total. The number of nitrogens with zero attached hydrogens (tertiary/aromatic N) is 1. The number of carbonyl (C=O) groups excluding carboxylic acids is 4. The molecule has 1 heterocycles. The van der Waals surface area contributed by atoms with Crippen molar-refractivity contribution < 1.29 is 23.9 Å². The van der Waals surface area contributed by atoms with Crippen LogP contribution in [-0.4, -0.2) is 50.9 Å². The third-order valence-corrected chi connectivity index (χ3v) is 9.97. The van der Waals surface area contributed by atoms with Crippen LogP contribution in [0.2, 0.25) is 0 Å². The topological polar surface area (TPSA) is 92.8 Å². The zero-order valence-electron chi connectivity index (χ0n) is 17.4. The highest BCUT2D eigenvalue weighted by atomic mass is 79.9. The standard InChI is InChI=1S/C22H24Br2N2O5/c1-9-4-5-10(2)14(6-9)25-15(27)8-31-22(30)11(3)26-20(28)16-12-7-13(17(16)21(26)29)19(24)18(12)23/h4-6,11-13,16-19H,7-8H2,1-3H3,(H,25,27)/t11-,12+,13+,16-,17+,18-,19-/m0/s1. The first-order chi connectivity index (χ1) is 14.6. The Balaban J connectivity index is 1.37. The highest BCUT2D eigenvalue weighted by Gasteiger charge is 2.67. The van der Waals surface area contributed by atoms with E-state index in [0.717, 1.165) is 22.4 Å². The molecule has 1 aromatic rings. The first-order valence-electron chi connectivity index (χ1n) is 10.3. The predicted molar refractivity (Wildman–Crippen MR) is 121 cm³/mol. The maximum absolute atomic E-state index is 13.0. The van der Waals surface area contributed by atoms with E-state index in [0.29, 0.717) is 5.69 Å². The van der Waals surface area contributed by atoms with Crippen LogP contribution in [0, 0.1) is 37.5 Å². The van der Waals surface area contributed by atoms with Gasteiger partial charge in [0.25, 0.3) is 5.91 Å². The molecule has 1 aliphatic heterocycles. The lowest BCUT2D eigenvalue weighted by Gasteiger charge is -2.28. The van der Waals surface area contributed by atoms with Gasteiger partial charge in [-0.05, 0) is 56.2 Å². The van der Waals surface area contributed by atoms with Crippen molar-refractivity contribution in [3.63, 3.8) is 0 Å². The number of esters is 1. The van der Waals surface area contributed by atoms with Gasteiger partial charge in [0.05, 0.1) is 11.8 Å². The summed E-state index contributed by atoms with van der Waals surface area (Å²) in [6, 6.07) is 4.60. The smallest absolute Gasteiger partial charge is 0.329 e. The maximum atomic E-state index is 13.0. The molecule has 0 spiro atoms. The molecule has 7 nitrogen and oxygen atoms in total. The minimum atomic E-state index is -1.07. The number of ether oxygens (including phenoxy) is 1. The second-order valence-electron chi connectivity index (χ2n) is 8.70. The minimum absolute atomic E-state index is 0.0763. The van der Waals surface area contributed by atoms with Crippen LogP contribution in [-0.2, 0) is 23.9 Å². The molecule has 31 heavy (non-hydrogen) atoms. The number of rotatable bonds is 5. The van der Waals surface area contributed by atoms with Crippen LogP contribution in [0.15, 0.2) is 18.2 Å². The number of anilines is 1. The van der Waals surface area contributed by atoms with Crippen molar-refractivity contribution in [2.75, 3.05) is 11.9 Å². The van der Waals surface area contributed by atoms with Crippen LogP contribution in [0.1, 0.15) is 24.5 Å². The molecule has 0 unspecified atom stereocenters. The fraction of sp³-hybridized carbons (Fsp3) is 0.545. The van der Waals surface area contributed by atoms with Crippen LogP contribution in [0.4, 0.5) is 5.69 Å². The number of carbonyl (C=O) groups is 4. The van der Waals surface area contributed by atoms with Gasteiger partial charge >= 0.3 is 5.97 Å². The monoisotopic (exact) mass is 554 g/mol. The van der Waals surface area contributed by atoms with E-state index in [2.05, 4.69) is 37.2 Å². The summed E-state index contributed by atoms with van der Waals surface area (Å²) in [5.74, 6) is -2.49. The predicted octanol–water partition coefficient (Wildman–Crippen LogP) is 2.95. The number of fused-ring (bicyclic) bond motifs is 5. The van der Waals surface area contributed by atoms with Crippen molar-refractivity contribution in [1.82, 2.24) is 4.90 Å². The lowest BCUT2D eigenvalue weighted by atomic mass is 9.81. The van der Waals surface area contributed by atoms with E-state index in [1.54, 1.807) is 0 Å². The first kappa shape index (κ1) is 22.5. The van der Waals surface area contributed by atoms with Crippen LogP contribution >= 0.6 is 31.9 Å². The van der Waals surface area contributed by atoms with E-state index < -0.39 is 36.4 Å². The molecule has 3 aliphatic rings. The molecule has 7 atom stereocenters. The molecule has 0 aromatic heterocycles. The molecule has 2 bridgehead atoms. The number of nitrogens with one attached hydrogen (secondary N) is 1. The third-order valence-electron chi connectivity index (χ3n) is 6.76. The number of halogens is 2. The van der Waals surface area contributed by atoms with Gasteiger partial charge in [-0.3, -0.25) is 19.3 Å². The van der Waals surface area contributed by atoms with E-state index in [1.165, 1.54) is 6.92 Å². The van der Waals surface area contributed by atoms with Gasteiger partial charge in [0, 0.05) is 15.3 Å². The van der Waals surface area contributed by atoms with Gasteiger partial charge in [0.15, 0.2) is 6.61 Å². The Morgan fingerprint density at radius 3 is 2.29 bits per heavy atom. The molecule has 166 valence electrons. The average molecular weight is 556 g/mol. The van der Waals surface area contributed by atoms with Gasteiger partial charge in [0.2, 0.25) is 11.8 Å². The summed E-state index contributed by atoms with van der Waals surface area (Å²) in [4.78, 5) is 52.1. The van der Waals surface area contributed by atoms with Crippen molar-refractivity contribution in [2.45, 2.75) is 42.9 Å². The summed E-state index contributed by atoms with van der Waals surface area (Å²) in [7, 11) is 0. The number of benzene rings is 1. The summed E-state index contributed by atoms with van der Waals surface area (Å²) < 4.78 is 5.14. The van der Waals surface area contributed by atoms with Gasteiger partial charge in [-0.2, -0.15) is 0 Å². The normalized spacial score (nSPS) is 32.2. The molecule has 2 saturated carbocycles. The Bertz CT molecular complexity index is 935. The fourth-order valence-electron chi connectivity index (χ4n) is 5.17. The minimum Gasteiger partial charge on any atom is -0.454 e. The lowest BCUT2D eigenvalue weighted by molar-refractivity contribution is -0.159. The first-order valence-corrected chi connectivity index (χ1v) is 12.1. The Morgan fingerprint density at radius 2 is 1.71 bits per heavy atom. The average Bonchev–Trinajstić information content (AvgIpc) is 3.33. The number of aryl methyl sites for hydroxylation is 2. The van der Waals surface area contributed by atoms with E-state index in [4.69, 9.17) is 4.74 Å². The fourth-order valence-corrected chi connectivity index (χ4v) is 7.05. The number of alkyl halides is 2. The molecule has 0 radical (unpaired) electrons. The molecular weight excluding hydrogens is 532 g/mol. The SMILES string of the molecule is Cc1ccc(C)c(NC(=O)COC(=O)[C@H](C)N2C(=O)[C@@H]3[C@H]4C[C@@H]([C@H](Br)[C@H]4Br)[C@@H]3C2=O)c1. The van der Waals surface area contributed by atoms with Gasteiger partial charge in [0.1, 0.15) is 6.04 Å². The highest BCUT2D eigenvalue weighted by Crippen LogP contribution is 2.60. The zero-order chi connectivity index (χ0) is 22.6. The molecule has 2 aliphatic carbocycles. The van der Waals surface area contributed by atoms with Gasteiger partial charge in [-0.15, -0.1) is 0 Å². The molecule has 4 rings (SSSR count). The van der Waals surface area contributed by atoms with E-state index in [-0.39, 0.29) is 33.3 Å². The van der Waals surface area contributed by atoms with E-state index in [1.807, 2.05) is 32.0 Å². The van der Waals surface area contributed by atoms with Gasteiger partial charge in [-0.1, -0.05) is 44.0 Å². The van der Waals surface area contributed by atoms with Crippen molar-refractivity contribution in [3.05, 3.63) is 29.3 Å². The third kappa shape index (κ3) is 3.73. The van der Waals surface area contributed by atoms with Gasteiger partial charge in [-0.25, -0.2) is 4.79 Å². The van der Waals surface area contributed by atoms with Crippen LogP contribution in [0.3, 0.4) is 0 Å². The Labute approximate surface area is 197 Å².